The van der Waals surface area contributed by atoms with Crippen molar-refractivity contribution in [2.75, 3.05) is 26.2 Å². The van der Waals surface area contributed by atoms with Crippen LogP contribution in [0.1, 0.15) is 22.7 Å². The van der Waals surface area contributed by atoms with Crippen LogP contribution in [-0.4, -0.2) is 37.5 Å². The zero-order chi connectivity index (χ0) is 18.1. The maximum Gasteiger partial charge on any atom is 0.416 e. The average molecular weight is 435 g/mol. The number of halogens is 10. The Bertz CT molecular complexity index is 571. The Morgan fingerprint density at radius 2 is 1.42 bits per heavy atom. The fraction of sp³-hybridized carbons (Fsp3) is 0.571. The van der Waals surface area contributed by atoms with Gasteiger partial charge in [0.1, 0.15) is 0 Å². The van der Waals surface area contributed by atoms with Gasteiger partial charge in [0.05, 0.1) is 17.2 Å². The number of nitrogens with zero attached hydrogens (tertiary/aromatic N) is 1. The third-order valence-electron chi connectivity index (χ3n) is 3.79. The van der Waals surface area contributed by atoms with E-state index in [4.69, 9.17) is 0 Å². The second-order valence-electron chi connectivity index (χ2n) is 5.36. The number of alkyl halides is 8. The fourth-order valence-corrected chi connectivity index (χ4v) is 2.69. The summed E-state index contributed by atoms with van der Waals surface area (Å²) in [6.45, 7) is 0.775. The molecule has 1 fully saturated rings. The van der Waals surface area contributed by atoms with Gasteiger partial charge in [0.25, 0.3) is 6.43 Å². The number of rotatable bonds is 3. The van der Waals surface area contributed by atoms with Crippen molar-refractivity contribution in [1.29, 1.82) is 0 Å². The standard InChI is InChI=1S/C14H14F8N2.2ClH/c15-12(16)11(24-5-3-23-4-6-24)9-2-1-8(13(17,18)19)7-10(9)14(20,21)22;;/h1-2,7,11-12,23H,3-6H2;2*1H/t11-;;/m1../s1. The monoisotopic (exact) mass is 434 g/mol. The molecule has 152 valence electrons. The first-order valence-electron chi connectivity index (χ1n) is 7.03. The van der Waals surface area contributed by atoms with Gasteiger partial charge in [-0.25, -0.2) is 8.78 Å². The topological polar surface area (TPSA) is 15.3 Å². The summed E-state index contributed by atoms with van der Waals surface area (Å²) in [6, 6.07) is -1.11. The van der Waals surface area contributed by atoms with Crippen molar-refractivity contribution in [2.45, 2.75) is 24.8 Å². The van der Waals surface area contributed by atoms with Crippen molar-refractivity contribution < 1.29 is 35.1 Å². The Balaban J connectivity index is 0.00000312. The maximum atomic E-state index is 13.4. The Morgan fingerprint density at radius 1 is 0.885 bits per heavy atom. The van der Waals surface area contributed by atoms with Crippen LogP contribution in [0.2, 0.25) is 0 Å². The number of hydrogen-bond acceptors (Lipinski definition) is 2. The van der Waals surface area contributed by atoms with Gasteiger partial charge < -0.3 is 5.32 Å². The lowest BCUT2D eigenvalue weighted by molar-refractivity contribution is -0.144. The molecule has 0 aliphatic carbocycles. The summed E-state index contributed by atoms with van der Waals surface area (Å²) < 4.78 is 104. The van der Waals surface area contributed by atoms with Crippen molar-refractivity contribution in [3.8, 4) is 0 Å². The zero-order valence-electron chi connectivity index (χ0n) is 13.0. The van der Waals surface area contributed by atoms with Gasteiger partial charge in [-0.3, -0.25) is 4.90 Å². The largest absolute Gasteiger partial charge is 0.416 e. The van der Waals surface area contributed by atoms with E-state index < -0.39 is 41.5 Å². The molecule has 1 aromatic carbocycles. The highest BCUT2D eigenvalue weighted by Gasteiger charge is 2.42. The Hall–Kier alpha value is -0.840. The molecule has 0 aromatic heterocycles. The van der Waals surface area contributed by atoms with Crippen LogP contribution in [0.25, 0.3) is 0 Å². The van der Waals surface area contributed by atoms with E-state index in [1.54, 1.807) is 0 Å². The van der Waals surface area contributed by atoms with E-state index >= 15 is 0 Å². The van der Waals surface area contributed by atoms with Crippen LogP contribution in [0.4, 0.5) is 35.1 Å². The van der Waals surface area contributed by atoms with E-state index in [1.165, 1.54) is 0 Å². The zero-order valence-corrected chi connectivity index (χ0v) is 14.6. The summed E-state index contributed by atoms with van der Waals surface area (Å²) in [5.74, 6) is 0. The first-order chi connectivity index (χ1) is 11.0. The lowest BCUT2D eigenvalue weighted by Gasteiger charge is -2.35. The number of piperazine rings is 1. The summed E-state index contributed by atoms with van der Waals surface area (Å²) in [5, 5.41) is 2.88. The lowest BCUT2D eigenvalue weighted by Crippen LogP contribution is -2.47. The van der Waals surface area contributed by atoms with E-state index in [0.29, 0.717) is 25.2 Å². The van der Waals surface area contributed by atoms with Crippen LogP contribution in [-0.2, 0) is 12.4 Å². The van der Waals surface area contributed by atoms with Gasteiger partial charge in [-0.05, 0) is 17.7 Å². The van der Waals surface area contributed by atoms with Crippen molar-refractivity contribution in [3.63, 3.8) is 0 Å². The molecular weight excluding hydrogens is 419 g/mol. The van der Waals surface area contributed by atoms with Gasteiger partial charge in [-0.1, -0.05) is 6.07 Å². The third-order valence-corrected chi connectivity index (χ3v) is 3.79. The highest BCUT2D eigenvalue weighted by molar-refractivity contribution is 5.85. The molecule has 0 unspecified atom stereocenters. The molecule has 1 aliphatic rings. The van der Waals surface area contributed by atoms with Crippen molar-refractivity contribution >= 4 is 24.8 Å². The Morgan fingerprint density at radius 3 is 1.85 bits per heavy atom. The van der Waals surface area contributed by atoms with Gasteiger partial charge in [-0.15, -0.1) is 24.8 Å². The first-order valence-corrected chi connectivity index (χ1v) is 7.03. The molecule has 1 N–H and O–H groups in total. The summed E-state index contributed by atoms with van der Waals surface area (Å²) in [7, 11) is 0. The van der Waals surface area contributed by atoms with Crippen LogP contribution < -0.4 is 5.32 Å². The Kier molecular flexibility index (Phi) is 9.08. The molecule has 1 atom stereocenters. The maximum absolute atomic E-state index is 13.4. The molecule has 0 radical (unpaired) electrons. The van der Waals surface area contributed by atoms with Crippen molar-refractivity contribution in [2.24, 2.45) is 0 Å². The van der Waals surface area contributed by atoms with Gasteiger partial charge in [0, 0.05) is 26.2 Å². The first kappa shape index (κ1) is 25.2. The molecule has 1 heterocycles. The second kappa shape index (κ2) is 9.38. The van der Waals surface area contributed by atoms with Gasteiger partial charge in [0.2, 0.25) is 0 Å². The van der Waals surface area contributed by atoms with Crippen molar-refractivity contribution in [1.82, 2.24) is 10.2 Å². The molecule has 1 saturated heterocycles. The molecule has 0 bridgehead atoms. The summed E-state index contributed by atoms with van der Waals surface area (Å²) in [4.78, 5) is 1.15. The lowest BCUT2D eigenvalue weighted by atomic mass is 9.95. The number of nitrogens with one attached hydrogen (secondary N) is 1. The van der Waals surface area contributed by atoms with Crippen LogP contribution in [0.5, 0.6) is 0 Å². The molecule has 26 heavy (non-hydrogen) atoms. The molecular formula is C14H16Cl2F8N2. The minimum absolute atomic E-state index is 0. The molecule has 0 amide bonds. The van der Waals surface area contributed by atoms with Crippen LogP contribution in [0.15, 0.2) is 18.2 Å². The molecule has 1 aromatic rings. The number of hydrogen-bond donors (Lipinski definition) is 1. The Labute approximate surface area is 156 Å². The second-order valence-corrected chi connectivity index (χ2v) is 5.36. The molecule has 1 aliphatic heterocycles. The van der Waals surface area contributed by atoms with Crippen LogP contribution >= 0.6 is 24.8 Å². The van der Waals surface area contributed by atoms with Crippen LogP contribution in [0.3, 0.4) is 0 Å². The van der Waals surface area contributed by atoms with E-state index in [9.17, 15) is 35.1 Å². The quantitative estimate of drug-likeness (QED) is 0.688. The fourth-order valence-electron chi connectivity index (χ4n) is 2.69. The van der Waals surface area contributed by atoms with Gasteiger partial charge in [-0.2, -0.15) is 26.3 Å². The predicted molar refractivity (Wildman–Crippen MR) is 84.1 cm³/mol. The van der Waals surface area contributed by atoms with Crippen LogP contribution in [0, 0.1) is 0 Å². The van der Waals surface area contributed by atoms with Crippen molar-refractivity contribution in [3.05, 3.63) is 34.9 Å². The highest BCUT2D eigenvalue weighted by Crippen LogP contribution is 2.41. The highest BCUT2D eigenvalue weighted by atomic mass is 35.5. The smallest absolute Gasteiger partial charge is 0.314 e. The molecule has 12 heteroatoms. The van der Waals surface area contributed by atoms with E-state index in [1.807, 2.05) is 0 Å². The van der Waals surface area contributed by atoms with Gasteiger partial charge >= 0.3 is 12.4 Å². The van der Waals surface area contributed by atoms with Gasteiger partial charge in [0.15, 0.2) is 0 Å². The summed E-state index contributed by atoms with van der Waals surface area (Å²) in [6.07, 6.45) is -13.3. The third kappa shape index (κ3) is 5.83. The molecule has 0 spiro atoms. The molecule has 2 rings (SSSR count). The molecule has 0 saturated carbocycles. The average Bonchev–Trinajstić information content (AvgIpc) is 2.46. The summed E-state index contributed by atoms with van der Waals surface area (Å²) in [5.41, 5.74) is -4.04. The van der Waals surface area contributed by atoms with E-state index in [0.717, 1.165) is 4.90 Å². The normalized spacial score (nSPS) is 17.4. The number of benzene rings is 1. The minimum Gasteiger partial charge on any atom is -0.314 e. The van der Waals surface area contributed by atoms with E-state index in [2.05, 4.69) is 5.32 Å². The van der Waals surface area contributed by atoms with E-state index in [-0.39, 0.29) is 44.0 Å². The minimum atomic E-state index is -5.17. The predicted octanol–water partition coefficient (Wildman–Crippen LogP) is 4.78. The summed E-state index contributed by atoms with van der Waals surface area (Å²) >= 11 is 0. The molecule has 2 nitrogen and oxygen atoms in total. The SMILES string of the molecule is Cl.Cl.FC(F)[C@@H](c1ccc(C(F)(F)F)cc1C(F)(F)F)N1CCNCC1.